The molecule has 0 radical (unpaired) electrons. The van der Waals surface area contributed by atoms with Crippen molar-refractivity contribution in [1.29, 1.82) is 0 Å². The lowest BCUT2D eigenvalue weighted by molar-refractivity contribution is -0.474. The maximum absolute atomic E-state index is 10.9. The Morgan fingerprint density at radius 2 is 0.417 bits per heavy atom. The molecule has 0 aliphatic rings. The largest absolute Gasteiger partial charge is 0.438 e. The molecular weight excluding hydrogens is 348 g/mol. The van der Waals surface area contributed by atoms with Gasteiger partial charge >= 0.3 is 34.1 Å². The van der Waals surface area contributed by atoms with Gasteiger partial charge in [-0.3, -0.25) is 60.7 Å². The lowest BCUT2D eigenvalue weighted by Gasteiger charge is -2.01. The quantitative estimate of drug-likeness (QED) is 0.517. The van der Waals surface area contributed by atoms with Crippen LogP contribution in [0.2, 0.25) is 0 Å². The first kappa shape index (κ1) is 17.7. The normalized spacial score (nSPS) is 10.0. The summed E-state index contributed by atoms with van der Waals surface area (Å²) in [7, 11) is 0. The molecule has 0 N–H and O–H groups in total. The predicted molar refractivity (Wildman–Crippen MR) is 66.4 cm³/mol. The van der Waals surface area contributed by atoms with Crippen LogP contribution in [0.15, 0.2) is 0 Å². The zero-order valence-corrected chi connectivity index (χ0v) is 10.6. The molecule has 18 heteroatoms. The Morgan fingerprint density at radius 3 is 0.458 bits per heavy atom. The van der Waals surface area contributed by atoms with Crippen LogP contribution in [0.25, 0.3) is 0 Å². The third-order valence-electron chi connectivity index (χ3n) is 2.44. The number of rotatable bonds is 6. The summed E-state index contributed by atoms with van der Waals surface area (Å²) in [6.07, 6.45) is 0. The lowest BCUT2D eigenvalue weighted by atomic mass is 10.1. The van der Waals surface area contributed by atoms with E-state index in [-0.39, 0.29) is 0 Å². The van der Waals surface area contributed by atoms with Crippen molar-refractivity contribution in [1.82, 2.24) is 0 Å². The number of benzene rings is 1. The van der Waals surface area contributed by atoms with Crippen LogP contribution in [-0.4, -0.2) is 29.5 Å². The summed E-state index contributed by atoms with van der Waals surface area (Å²) in [5.74, 6) is 0. The van der Waals surface area contributed by atoms with E-state index in [2.05, 4.69) is 0 Å². The van der Waals surface area contributed by atoms with Gasteiger partial charge in [-0.25, -0.2) is 0 Å². The summed E-state index contributed by atoms with van der Waals surface area (Å²) in [6.45, 7) is 0. The van der Waals surface area contributed by atoms with Crippen LogP contribution in [0.1, 0.15) is 0 Å². The Hall–Kier alpha value is -4.38. The minimum atomic E-state index is -2.21. The van der Waals surface area contributed by atoms with Gasteiger partial charge in [-0.05, 0) is 0 Å². The summed E-state index contributed by atoms with van der Waals surface area (Å²) < 4.78 is 0. The maximum Gasteiger partial charge on any atom is 0.438 e. The summed E-state index contributed by atoms with van der Waals surface area (Å²) in [4.78, 5) is 54.1. The predicted octanol–water partition coefficient (Wildman–Crippen LogP) is 1.14. The van der Waals surface area contributed by atoms with Gasteiger partial charge in [0.25, 0.3) is 0 Å². The average Bonchev–Trinajstić information content (AvgIpc) is 2.42. The summed E-state index contributed by atoms with van der Waals surface area (Å²) in [6, 6.07) is 0. The molecule has 0 fully saturated rings. The molecule has 0 unspecified atom stereocenters. The fourth-order valence-corrected chi connectivity index (χ4v) is 1.71. The van der Waals surface area contributed by atoms with Gasteiger partial charge in [0.05, 0.1) is 29.5 Å². The molecule has 0 saturated carbocycles. The van der Waals surface area contributed by atoms with Gasteiger partial charge in [-0.15, -0.1) is 0 Å². The van der Waals surface area contributed by atoms with Crippen molar-refractivity contribution in [3.05, 3.63) is 60.7 Å². The molecule has 1 aromatic rings. The van der Waals surface area contributed by atoms with E-state index in [9.17, 15) is 60.7 Å². The second-order valence-corrected chi connectivity index (χ2v) is 3.63. The van der Waals surface area contributed by atoms with E-state index in [4.69, 9.17) is 0 Å². The molecule has 18 nitrogen and oxygen atoms in total. The standard InChI is InChI=1S/C6N6O12/c13-7(14)1-2(8(15)16)4(10(19)20)6(12(23)24)5(11(21)22)3(1)9(17)18. The summed E-state index contributed by atoms with van der Waals surface area (Å²) in [5.41, 5.74) is -13.3. The van der Waals surface area contributed by atoms with Crippen molar-refractivity contribution in [2.75, 3.05) is 0 Å². The minimum Gasteiger partial charge on any atom is -0.258 e. The van der Waals surface area contributed by atoms with Crippen molar-refractivity contribution >= 4 is 34.1 Å². The molecule has 0 aliphatic carbocycles. The smallest absolute Gasteiger partial charge is 0.258 e. The first-order valence-electron chi connectivity index (χ1n) is 5.03. The number of nitro benzene ring substituents is 6. The van der Waals surface area contributed by atoms with Crippen molar-refractivity contribution in [2.45, 2.75) is 0 Å². The van der Waals surface area contributed by atoms with Crippen LogP contribution in [0.4, 0.5) is 34.1 Å². The first-order chi connectivity index (χ1) is 10.9. The first-order valence-corrected chi connectivity index (χ1v) is 5.03. The summed E-state index contributed by atoms with van der Waals surface area (Å²) >= 11 is 0. The minimum absolute atomic E-state index is 1.85. The second-order valence-electron chi connectivity index (χ2n) is 3.63. The molecule has 0 aliphatic heterocycles. The number of nitrogens with zero attached hydrogens (tertiary/aromatic N) is 6. The zero-order chi connectivity index (χ0) is 18.9. The van der Waals surface area contributed by atoms with E-state index >= 15 is 0 Å². The van der Waals surface area contributed by atoms with Crippen LogP contribution in [0.3, 0.4) is 0 Å². The Morgan fingerprint density at radius 1 is 0.333 bits per heavy atom. The fourth-order valence-electron chi connectivity index (χ4n) is 1.71. The molecule has 0 amide bonds. The van der Waals surface area contributed by atoms with Crippen LogP contribution in [-0.2, 0) is 0 Å². The number of hydrogen-bond acceptors (Lipinski definition) is 12. The van der Waals surface area contributed by atoms with E-state index in [0.29, 0.717) is 0 Å². The Kier molecular flexibility index (Phi) is 4.26. The monoisotopic (exact) mass is 348 g/mol. The van der Waals surface area contributed by atoms with E-state index in [0.717, 1.165) is 0 Å². The average molecular weight is 348 g/mol. The summed E-state index contributed by atoms with van der Waals surface area (Å²) in [5, 5.41) is 65.2. The molecule has 0 aromatic heterocycles. The Labute approximate surface area is 125 Å². The molecule has 0 saturated heterocycles. The van der Waals surface area contributed by atoms with Gasteiger partial charge in [0.2, 0.25) is 0 Å². The van der Waals surface area contributed by atoms with Crippen LogP contribution >= 0.6 is 0 Å². The highest BCUT2D eigenvalue weighted by molar-refractivity contribution is 5.91. The van der Waals surface area contributed by atoms with E-state index < -0.39 is 63.7 Å². The SMILES string of the molecule is O=[N+]([O-])c1c([N+](=O)[O-])c([N+](=O)[O-])c([N+](=O)[O-])c([N+](=O)[O-])c1[N+](=O)[O-]. The highest BCUT2D eigenvalue weighted by Gasteiger charge is 2.59. The van der Waals surface area contributed by atoms with E-state index in [1.807, 2.05) is 0 Å². The zero-order valence-electron chi connectivity index (χ0n) is 10.6. The molecule has 24 heavy (non-hydrogen) atoms. The van der Waals surface area contributed by atoms with Crippen LogP contribution in [0.5, 0.6) is 0 Å². The number of hydrogen-bond donors (Lipinski definition) is 0. The van der Waals surface area contributed by atoms with Gasteiger partial charge in [0.15, 0.2) is 0 Å². The molecule has 1 rings (SSSR count). The maximum atomic E-state index is 10.9. The molecule has 126 valence electrons. The van der Waals surface area contributed by atoms with Crippen molar-refractivity contribution in [3.8, 4) is 0 Å². The Balaban J connectivity index is 4.50. The van der Waals surface area contributed by atoms with Crippen LogP contribution < -0.4 is 0 Å². The molecule has 0 bridgehead atoms. The van der Waals surface area contributed by atoms with Crippen LogP contribution in [0, 0.1) is 60.7 Å². The lowest BCUT2D eigenvalue weighted by Crippen LogP contribution is -2.11. The Bertz CT molecular complexity index is 645. The third kappa shape index (κ3) is 2.56. The van der Waals surface area contributed by atoms with E-state index in [1.165, 1.54) is 0 Å². The van der Waals surface area contributed by atoms with Gasteiger partial charge in [0, 0.05) is 0 Å². The molecule has 1 aromatic carbocycles. The highest BCUT2D eigenvalue weighted by Crippen LogP contribution is 2.55. The third-order valence-corrected chi connectivity index (χ3v) is 2.44. The van der Waals surface area contributed by atoms with Crippen molar-refractivity contribution in [2.24, 2.45) is 0 Å². The highest BCUT2D eigenvalue weighted by atomic mass is 16.7. The van der Waals surface area contributed by atoms with Gasteiger partial charge < -0.3 is 0 Å². The van der Waals surface area contributed by atoms with Gasteiger partial charge in [-0.1, -0.05) is 0 Å². The fraction of sp³-hybridized carbons (Fsp3) is 0. The molecule has 0 atom stereocenters. The van der Waals surface area contributed by atoms with Crippen molar-refractivity contribution in [3.63, 3.8) is 0 Å². The molecule has 0 heterocycles. The van der Waals surface area contributed by atoms with Gasteiger partial charge in [-0.2, -0.15) is 0 Å². The molecule has 0 spiro atoms. The van der Waals surface area contributed by atoms with E-state index in [1.54, 1.807) is 0 Å². The van der Waals surface area contributed by atoms with Gasteiger partial charge in [0.1, 0.15) is 0 Å². The topological polar surface area (TPSA) is 259 Å². The molecular formula is C6N6O12. The second kappa shape index (κ2) is 5.78. The van der Waals surface area contributed by atoms with Crippen molar-refractivity contribution < 1.29 is 29.5 Å². The number of nitro groups is 6.